The molecule has 0 heterocycles. The van der Waals surface area contributed by atoms with E-state index in [4.69, 9.17) is 33.2 Å². The molecule has 0 aromatic carbocycles. The van der Waals surface area contributed by atoms with Crippen molar-refractivity contribution in [2.75, 3.05) is 0 Å². The van der Waals surface area contributed by atoms with Gasteiger partial charge in [-0.3, -0.25) is 0 Å². The fourth-order valence-corrected chi connectivity index (χ4v) is 1.79. The van der Waals surface area contributed by atoms with Crippen molar-refractivity contribution in [3.63, 3.8) is 0 Å². The van der Waals surface area contributed by atoms with Gasteiger partial charge in [-0.25, -0.2) is 0 Å². The Labute approximate surface area is 89.1 Å². The van der Waals surface area contributed by atoms with Crippen molar-refractivity contribution in [1.29, 1.82) is 0 Å². The van der Waals surface area contributed by atoms with E-state index in [0.29, 0.717) is 0 Å². The summed E-state index contributed by atoms with van der Waals surface area (Å²) in [7, 11) is 0. The topological polar surface area (TPSA) is 9.23 Å². The number of hydrogen-bond acceptors (Lipinski definition) is 1. The highest BCUT2D eigenvalue weighted by Gasteiger charge is 2.60. The van der Waals surface area contributed by atoms with E-state index in [2.05, 4.69) is 4.43 Å². The second kappa shape index (κ2) is 4.24. The molecule has 14 heavy (non-hydrogen) atoms. The Balaban J connectivity index is 4.78. The average molecular weight is 301 g/mol. The van der Waals surface area contributed by atoms with Crippen molar-refractivity contribution in [2.45, 2.75) is 18.5 Å². The first-order valence-electron chi connectivity index (χ1n) is 2.72. The van der Waals surface area contributed by atoms with E-state index in [0.717, 1.165) is 0 Å². The number of hydrogen-bond donors (Lipinski definition) is 0. The summed E-state index contributed by atoms with van der Waals surface area (Å²) >= 11 is 14.4. The van der Waals surface area contributed by atoms with Crippen LogP contribution >= 0.6 is 33.2 Å². The van der Waals surface area contributed by atoms with E-state index in [9.17, 15) is 26.3 Å². The molecule has 0 saturated heterocycles. The van der Waals surface area contributed by atoms with E-state index >= 15 is 0 Å². The molecule has 0 atom stereocenters. The van der Waals surface area contributed by atoms with Crippen LogP contribution in [-0.2, 0) is 4.43 Å². The van der Waals surface area contributed by atoms with Crippen LogP contribution in [0.5, 0.6) is 0 Å². The van der Waals surface area contributed by atoms with Gasteiger partial charge < -0.3 is 4.43 Å². The van der Waals surface area contributed by atoms with Crippen LogP contribution in [0.15, 0.2) is 0 Å². The van der Waals surface area contributed by atoms with E-state index in [-0.39, 0.29) is 0 Å². The first kappa shape index (κ1) is 14.6. The molecule has 11 heteroatoms. The zero-order valence-corrected chi connectivity index (χ0v) is 9.16. The summed E-state index contributed by atoms with van der Waals surface area (Å²) in [5.41, 5.74) is 0. The van der Waals surface area contributed by atoms with Crippen molar-refractivity contribution < 1.29 is 30.8 Å². The standard InChI is InChI=1S/C3HCl3F6OSi/c4-14(5,6)13-1(2(7,8)9)3(10,11)12/h1H. The molecule has 0 rings (SSSR count). The minimum atomic E-state index is -5.66. The van der Waals surface area contributed by atoms with Gasteiger partial charge in [-0.05, 0) is 0 Å². The molecule has 0 N–H and O–H groups in total. The SMILES string of the molecule is FC(F)(F)C(O[Si](Cl)(Cl)Cl)C(F)(F)F. The van der Waals surface area contributed by atoms with Gasteiger partial charge in [-0.2, -0.15) is 26.3 Å². The van der Waals surface area contributed by atoms with Crippen molar-refractivity contribution in [2.24, 2.45) is 0 Å². The minimum Gasteiger partial charge on any atom is -0.361 e. The molecule has 86 valence electrons. The summed E-state index contributed by atoms with van der Waals surface area (Å²) in [6, 6.07) is 0. The Morgan fingerprint density at radius 2 is 1.14 bits per heavy atom. The molecular weight excluding hydrogens is 300 g/mol. The summed E-state index contributed by atoms with van der Waals surface area (Å²) in [6.07, 6.45) is -19.8. The number of rotatable bonds is 2. The van der Waals surface area contributed by atoms with Gasteiger partial charge in [-0.15, -0.1) is 0 Å². The zero-order chi connectivity index (χ0) is 11.8. The Kier molecular flexibility index (Phi) is 4.43. The van der Waals surface area contributed by atoms with Crippen LogP contribution in [0.2, 0.25) is 0 Å². The van der Waals surface area contributed by atoms with Crippen LogP contribution in [0.25, 0.3) is 0 Å². The molecule has 0 bridgehead atoms. The van der Waals surface area contributed by atoms with Gasteiger partial charge in [0.15, 0.2) is 0 Å². The molecule has 0 fully saturated rings. The summed E-state index contributed by atoms with van der Waals surface area (Å²) < 4.78 is 73.8. The van der Waals surface area contributed by atoms with Gasteiger partial charge >= 0.3 is 18.6 Å². The maximum Gasteiger partial charge on any atom is 0.494 e. The first-order chi connectivity index (χ1) is 5.84. The minimum absolute atomic E-state index is 3.35. The normalized spacial score (nSPS) is 15.0. The van der Waals surface area contributed by atoms with Crippen LogP contribution in [0.3, 0.4) is 0 Å². The number of alkyl halides is 6. The Hall–Kier alpha value is 0.627. The van der Waals surface area contributed by atoms with Crippen LogP contribution < -0.4 is 0 Å². The van der Waals surface area contributed by atoms with Crippen LogP contribution in [-0.4, -0.2) is 24.7 Å². The maximum absolute atomic E-state index is 11.7. The fraction of sp³-hybridized carbons (Fsp3) is 1.00. The van der Waals surface area contributed by atoms with Gasteiger partial charge in [0, 0.05) is 0 Å². The Bertz CT molecular complexity index is 182. The van der Waals surface area contributed by atoms with Crippen LogP contribution in [0, 0.1) is 0 Å². The highest BCUT2D eigenvalue weighted by Crippen LogP contribution is 2.39. The first-order valence-corrected chi connectivity index (χ1v) is 7.66. The second-order valence-electron chi connectivity index (χ2n) is 2.03. The largest absolute Gasteiger partial charge is 0.494 e. The lowest BCUT2D eigenvalue weighted by Gasteiger charge is -2.25. The molecule has 1 nitrogen and oxygen atoms in total. The van der Waals surface area contributed by atoms with Gasteiger partial charge in [0.05, 0.1) is 0 Å². The summed E-state index contributed by atoms with van der Waals surface area (Å²) in [5, 5.41) is 0. The smallest absolute Gasteiger partial charge is 0.361 e. The van der Waals surface area contributed by atoms with Crippen molar-refractivity contribution in [1.82, 2.24) is 0 Å². The third-order valence-corrected chi connectivity index (χ3v) is 2.15. The van der Waals surface area contributed by atoms with Gasteiger partial charge in [0.25, 0.3) is 0 Å². The third kappa shape index (κ3) is 5.49. The Morgan fingerprint density at radius 3 is 1.21 bits per heavy atom. The summed E-state index contributed by atoms with van der Waals surface area (Å²) in [5.74, 6) is 0. The average Bonchev–Trinajstić information content (AvgIpc) is 1.75. The highest BCUT2D eigenvalue weighted by molar-refractivity contribution is 7.62. The summed E-state index contributed by atoms with van der Waals surface area (Å²) in [4.78, 5) is 0. The monoisotopic (exact) mass is 300 g/mol. The molecule has 0 spiro atoms. The molecule has 0 unspecified atom stereocenters. The molecule has 0 aliphatic carbocycles. The maximum atomic E-state index is 11.7. The molecule has 0 radical (unpaired) electrons. The molecule has 0 aliphatic rings. The molecule has 0 aliphatic heterocycles. The molecule has 0 aromatic rings. The van der Waals surface area contributed by atoms with E-state index in [1.807, 2.05) is 0 Å². The number of halogens is 9. The predicted molar refractivity (Wildman–Crippen MR) is 40.3 cm³/mol. The van der Waals surface area contributed by atoms with Crippen molar-refractivity contribution in [3.8, 4) is 0 Å². The van der Waals surface area contributed by atoms with Gasteiger partial charge in [0.1, 0.15) is 0 Å². The fourth-order valence-electron chi connectivity index (χ4n) is 0.453. The van der Waals surface area contributed by atoms with Crippen molar-refractivity contribution >= 4 is 39.5 Å². The van der Waals surface area contributed by atoms with E-state index in [1.54, 1.807) is 0 Å². The molecule has 0 aromatic heterocycles. The third-order valence-electron chi connectivity index (χ3n) is 0.846. The lowest BCUT2D eigenvalue weighted by atomic mass is 10.3. The van der Waals surface area contributed by atoms with Crippen molar-refractivity contribution in [3.05, 3.63) is 0 Å². The van der Waals surface area contributed by atoms with E-state index in [1.165, 1.54) is 0 Å². The van der Waals surface area contributed by atoms with Crippen LogP contribution in [0.1, 0.15) is 0 Å². The molecule has 0 amide bonds. The van der Waals surface area contributed by atoms with Crippen LogP contribution in [0.4, 0.5) is 26.3 Å². The van der Waals surface area contributed by atoms with Gasteiger partial charge in [-0.1, -0.05) is 33.2 Å². The lowest BCUT2D eigenvalue weighted by Crippen LogP contribution is -2.47. The Morgan fingerprint density at radius 1 is 0.857 bits per heavy atom. The lowest BCUT2D eigenvalue weighted by molar-refractivity contribution is -0.300. The highest BCUT2D eigenvalue weighted by atomic mass is 35.8. The van der Waals surface area contributed by atoms with E-state index < -0.39 is 24.7 Å². The quantitative estimate of drug-likeness (QED) is 0.430. The van der Waals surface area contributed by atoms with Gasteiger partial charge in [0.2, 0.25) is 6.10 Å². The molecular formula is C3HCl3F6OSi. The second-order valence-corrected chi connectivity index (χ2v) is 9.69. The molecule has 0 saturated carbocycles. The predicted octanol–water partition coefficient (Wildman–Crippen LogP) is 3.65. The zero-order valence-electron chi connectivity index (χ0n) is 5.89. The summed E-state index contributed by atoms with van der Waals surface area (Å²) in [6.45, 7) is 0.